The molecular formula is C22H20N2O8. The van der Waals surface area contributed by atoms with Crippen LogP contribution < -0.4 is 14.8 Å². The summed E-state index contributed by atoms with van der Waals surface area (Å²) in [5.41, 5.74) is 0.403. The Kier molecular flexibility index (Phi) is 5.69. The smallest absolute Gasteiger partial charge is 0.338 e. The van der Waals surface area contributed by atoms with Crippen LogP contribution in [0.4, 0.5) is 5.69 Å². The van der Waals surface area contributed by atoms with Crippen LogP contribution in [0.15, 0.2) is 47.7 Å². The Hall–Kier alpha value is -4.05. The zero-order chi connectivity index (χ0) is 22.8. The molecule has 0 aliphatic carbocycles. The summed E-state index contributed by atoms with van der Waals surface area (Å²) in [6.45, 7) is -0.264. The van der Waals surface area contributed by atoms with Crippen molar-refractivity contribution in [2.75, 3.05) is 39.2 Å². The van der Waals surface area contributed by atoms with E-state index in [4.69, 9.17) is 18.9 Å². The molecule has 2 aliphatic heterocycles. The number of β-amino-alcohol motifs (C(OH)–C–C–N with tert-alkyl or cyclic N) is 1. The van der Waals surface area contributed by atoms with Gasteiger partial charge in [-0.25, -0.2) is 9.59 Å². The van der Waals surface area contributed by atoms with Crippen LogP contribution in [0.2, 0.25) is 0 Å². The number of esters is 2. The summed E-state index contributed by atoms with van der Waals surface area (Å²) in [5.74, 6) is -0.478. The standard InChI is InChI=1S/C22H20N2O8/c1-29-21(27)12-9-14(19-17(10-12)31-15-5-3-4-6-16(15)32-19)23-18-13(22(28)30-2)11-24(7-8-25)20(18)26/h3-6,9-10,23,25H,7-8,11H2,1-2H3. The topological polar surface area (TPSA) is 124 Å². The fourth-order valence-electron chi connectivity index (χ4n) is 3.44. The molecule has 0 fully saturated rings. The van der Waals surface area contributed by atoms with E-state index in [-0.39, 0.29) is 53.7 Å². The minimum atomic E-state index is -0.693. The fourth-order valence-corrected chi connectivity index (χ4v) is 3.44. The fraction of sp³-hybridized carbons (Fsp3) is 0.227. The molecule has 0 saturated heterocycles. The van der Waals surface area contributed by atoms with Crippen molar-refractivity contribution in [3.63, 3.8) is 0 Å². The second-order valence-electron chi connectivity index (χ2n) is 6.91. The normalized spacial score (nSPS) is 14.2. The molecule has 2 heterocycles. The minimum absolute atomic E-state index is 0.0343. The number of nitrogens with zero attached hydrogens (tertiary/aromatic N) is 1. The maximum absolute atomic E-state index is 12.9. The van der Waals surface area contributed by atoms with E-state index in [1.165, 1.54) is 31.3 Å². The summed E-state index contributed by atoms with van der Waals surface area (Å²) >= 11 is 0. The van der Waals surface area contributed by atoms with Crippen molar-refractivity contribution in [2.45, 2.75) is 0 Å². The Labute approximate surface area is 182 Å². The Bertz CT molecular complexity index is 1140. The van der Waals surface area contributed by atoms with Crippen LogP contribution in [0.5, 0.6) is 23.0 Å². The minimum Gasteiger partial charge on any atom is -0.466 e. The van der Waals surface area contributed by atoms with Crippen LogP contribution in [0, 0.1) is 0 Å². The summed E-state index contributed by atoms with van der Waals surface area (Å²) in [6.07, 6.45) is 0. The van der Waals surface area contributed by atoms with Gasteiger partial charge in [0.25, 0.3) is 5.91 Å². The number of hydrogen-bond acceptors (Lipinski definition) is 9. The van der Waals surface area contributed by atoms with Crippen LogP contribution >= 0.6 is 0 Å². The lowest BCUT2D eigenvalue weighted by atomic mass is 10.1. The van der Waals surface area contributed by atoms with E-state index in [9.17, 15) is 19.5 Å². The molecule has 2 aliphatic rings. The number of fused-ring (bicyclic) bond motifs is 2. The van der Waals surface area contributed by atoms with Crippen LogP contribution in [-0.4, -0.2) is 61.8 Å². The van der Waals surface area contributed by atoms with Crippen LogP contribution in [-0.2, 0) is 19.1 Å². The molecular weight excluding hydrogens is 420 g/mol. The quantitative estimate of drug-likeness (QED) is 0.554. The van der Waals surface area contributed by atoms with Gasteiger partial charge in [-0.1, -0.05) is 12.1 Å². The van der Waals surface area contributed by atoms with Crippen molar-refractivity contribution in [1.82, 2.24) is 4.90 Å². The van der Waals surface area contributed by atoms with Gasteiger partial charge in [-0.2, -0.15) is 0 Å². The largest absolute Gasteiger partial charge is 0.466 e. The summed E-state index contributed by atoms with van der Waals surface area (Å²) in [5, 5.41) is 12.2. The molecule has 1 amide bonds. The van der Waals surface area contributed by atoms with E-state index in [0.717, 1.165) is 0 Å². The maximum atomic E-state index is 12.9. The van der Waals surface area contributed by atoms with E-state index in [2.05, 4.69) is 5.32 Å². The molecule has 0 aromatic heterocycles. The number of rotatable bonds is 6. The first kappa shape index (κ1) is 21.2. The number of aliphatic hydroxyl groups excluding tert-OH is 1. The van der Waals surface area contributed by atoms with E-state index >= 15 is 0 Å². The van der Waals surface area contributed by atoms with Crippen molar-refractivity contribution in [1.29, 1.82) is 0 Å². The highest BCUT2D eigenvalue weighted by Crippen LogP contribution is 2.49. The van der Waals surface area contributed by atoms with Gasteiger partial charge in [-0.3, -0.25) is 4.79 Å². The van der Waals surface area contributed by atoms with E-state index in [0.29, 0.717) is 11.5 Å². The molecule has 2 aromatic carbocycles. The molecule has 2 N–H and O–H groups in total. The highest BCUT2D eigenvalue weighted by molar-refractivity contribution is 6.09. The van der Waals surface area contributed by atoms with Gasteiger partial charge in [-0.05, 0) is 24.3 Å². The number of carbonyl (C=O) groups is 3. The van der Waals surface area contributed by atoms with E-state index in [1.54, 1.807) is 24.3 Å². The summed E-state index contributed by atoms with van der Waals surface area (Å²) in [4.78, 5) is 38.7. The molecule has 0 bridgehead atoms. The SMILES string of the molecule is COC(=O)C1=C(Nc2cc(C(=O)OC)cc3c2Oc2ccccc2O3)C(=O)N(CCO)C1. The Morgan fingerprint density at radius 2 is 1.75 bits per heavy atom. The van der Waals surface area contributed by atoms with Gasteiger partial charge in [0.05, 0.1) is 44.2 Å². The van der Waals surface area contributed by atoms with Crippen LogP contribution in [0.25, 0.3) is 0 Å². The number of para-hydroxylation sites is 2. The van der Waals surface area contributed by atoms with Gasteiger partial charge in [0.15, 0.2) is 23.0 Å². The monoisotopic (exact) mass is 440 g/mol. The molecule has 0 spiro atoms. The van der Waals surface area contributed by atoms with Gasteiger partial charge >= 0.3 is 11.9 Å². The number of carbonyl (C=O) groups excluding carboxylic acids is 3. The summed E-state index contributed by atoms with van der Waals surface area (Å²) < 4.78 is 21.5. The number of aliphatic hydroxyl groups is 1. The summed E-state index contributed by atoms with van der Waals surface area (Å²) in [6, 6.07) is 9.86. The average Bonchev–Trinajstić information content (AvgIpc) is 3.12. The van der Waals surface area contributed by atoms with E-state index < -0.39 is 17.8 Å². The highest BCUT2D eigenvalue weighted by Gasteiger charge is 2.36. The molecule has 4 rings (SSSR count). The predicted molar refractivity (Wildman–Crippen MR) is 111 cm³/mol. The number of methoxy groups -OCH3 is 2. The third-order valence-electron chi connectivity index (χ3n) is 4.97. The van der Waals surface area contributed by atoms with Crippen LogP contribution in [0.3, 0.4) is 0 Å². The zero-order valence-corrected chi connectivity index (χ0v) is 17.3. The molecule has 166 valence electrons. The predicted octanol–water partition coefficient (Wildman–Crippen LogP) is 2.04. The number of amides is 1. The zero-order valence-electron chi connectivity index (χ0n) is 17.3. The van der Waals surface area contributed by atoms with Crippen molar-refractivity contribution >= 4 is 23.5 Å². The maximum Gasteiger partial charge on any atom is 0.338 e. The molecule has 0 atom stereocenters. The Morgan fingerprint density at radius 1 is 1.06 bits per heavy atom. The van der Waals surface area contributed by atoms with Gasteiger partial charge < -0.3 is 34.3 Å². The number of anilines is 1. The average molecular weight is 440 g/mol. The first-order valence-corrected chi connectivity index (χ1v) is 9.66. The van der Waals surface area contributed by atoms with Crippen molar-refractivity contribution in [3.8, 4) is 23.0 Å². The first-order valence-electron chi connectivity index (χ1n) is 9.66. The Morgan fingerprint density at radius 3 is 2.41 bits per heavy atom. The second kappa shape index (κ2) is 8.60. The van der Waals surface area contributed by atoms with Crippen molar-refractivity contribution in [2.24, 2.45) is 0 Å². The van der Waals surface area contributed by atoms with Gasteiger partial charge in [0, 0.05) is 6.54 Å². The van der Waals surface area contributed by atoms with Crippen LogP contribution in [0.1, 0.15) is 10.4 Å². The number of ether oxygens (including phenoxy) is 4. The third-order valence-corrected chi connectivity index (χ3v) is 4.97. The molecule has 10 heteroatoms. The first-order chi connectivity index (χ1) is 15.5. The van der Waals surface area contributed by atoms with Crippen molar-refractivity contribution in [3.05, 3.63) is 53.2 Å². The van der Waals surface area contributed by atoms with Gasteiger partial charge in [-0.15, -0.1) is 0 Å². The van der Waals surface area contributed by atoms with E-state index in [1.807, 2.05) is 0 Å². The lowest BCUT2D eigenvalue weighted by Gasteiger charge is -2.24. The number of benzene rings is 2. The molecule has 0 saturated carbocycles. The van der Waals surface area contributed by atoms with Gasteiger partial charge in [0.2, 0.25) is 0 Å². The lowest BCUT2D eigenvalue weighted by molar-refractivity contribution is -0.136. The highest BCUT2D eigenvalue weighted by atomic mass is 16.6. The summed E-state index contributed by atoms with van der Waals surface area (Å²) in [7, 11) is 2.45. The lowest BCUT2D eigenvalue weighted by Crippen LogP contribution is -2.31. The van der Waals surface area contributed by atoms with Crippen molar-refractivity contribution < 1.29 is 38.4 Å². The molecule has 0 radical (unpaired) electrons. The molecule has 2 aromatic rings. The molecule has 10 nitrogen and oxygen atoms in total. The number of nitrogens with one attached hydrogen (secondary N) is 1. The van der Waals surface area contributed by atoms with Gasteiger partial charge in [0.1, 0.15) is 5.70 Å². The molecule has 32 heavy (non-hydrogen) atoms. The Balaban J connectivity index is 1.80. The third kappa shape index (κ3) is 3.71. The molecule has 0 unspecified atom stereocenters. The number of hydrogen-bond donors (Lipinski definition) is 2. The second-order valence-corrected chi connectivity index (χ2v) is 6.91.